The van der Waals surface area contributed by atoms with E-state index in [0.29, 0.717) is 6.42 Å². The molecule has 0 heterocycles. The van der Waals surface area contributed by atoms with Crippen molar-refractivity contribution in [2.75, 3.05) is 25.1 Å². The lowest BCUT2D eigenvalue weighted by molar-refractivity contribution is 0.189. The Hall–Kier alpha value is -1.84. The highest BCUT2D eigenvalue weighted by Gasteiger charge is 2.26. The smallest absolute Gasteiger partial charge is 0.0661 e. The van der Waals surface area contributed by atoms with Crippen molar-refractivity contribution in [1.29, 1.82) is 0 Å². The summed E-state index contributed by atoms with van der Waals surface area (Å²) >= 11 is 0. The van der Waals surface area contributed by atoms with Crippen LogP contribution in [-0.2, 0) is 5.54 Å². The standard InChI is InChI=1S/C18H24N2O/c1-15-7-6-10-17(13-15)20(2)12-11-18(19,14-21)16-8-4-3-5-9-16/h3-10,13,21H,11-12,14,19H2,1-2H3. The van der Waals surface area contributed by atoms with Crippen molar-refractivity contribution in [3.05, 3.63) is 65.7 Å². The molecule has 0 spiro atoms. The minimum absolute atomic E-state index is 0.0569. The molecule has 1 atom stereocenters. The number of benzene rings is 2. The Kier molecular flexibility index (Phi) is 4.99. The van der Waals surface area contributed by atoms with Crippen LogP contribution in [0, 0.1) is 6.92 Å². The summed E-state index contributed by atoms with van der Waals surface area (Å²) in [5.41, 5.74) is 9.09. The normalized spacial score (nSPS) is 13.7. The Morgan fingerprint density at radius 1 is 1.10 bits per heavy atom. The summed E-state index contributed by atoms with van der Waals surface area (Å²) in [6.07, 6.45) is 0.692. The lowest BCUT2D eigenvalue weighted by Gasteiger charge is -2.31. The first-order chi connectivity index (χ1) is 10.0. The highest BCUT2D eigenvalue weighted by Crippen LogP contribution is 2.23. The zero-order valence-corrected chi connectivity index (χ0v) is 12.8. The second-order valence-electron chi connectivity index (χ2n) is 5.69. The maximum atomic E-state index is 9.72. The summed E-state index contributed by atoms with van der Waals surface area (Å²) in [5.74, 6) is 0. The van der Waals surface area contributed by atoms with Gasteiger partial charge in [-0.15, -0.1) is 0 Å². The summed E-state index contributed by atoms with van der Waals surface area (Å²) in [4.78, 5) is 2.17. The number of nitrogens with zero attached hydrogens (tertiary/aromatic N) is 1. The van der Waals surface area contributed by atoms with Gasteiger partial charge < -0.3 is 15.7 Å². The van der Waals surface area contributed by atoms with Crippen molar-refractivity contribution < 1.29 is 5.11 Å². The van der Waals surface area contributed by atoms with Crippen LogP contribution in [0.25, 0.3) is 0 Å². The van der Waals surface area contributed by atoms with E-state index in [0.717, 1.165) is 12.1 Å². The fourth-order valence-corrected chi connectivity index (χ4v) is 2.45. The van der Waals surface area contributed by atoms with Crippen LogP contribution in [0.4, 0.5) is 5.69 Å². The van der Waals surface area contributed by atoms with E-state index in [1.54, 1.807) is 0 Å². The van der Waals surface area contributed by atoms with Crippen molar-refractivity contribution in [3.63, 3.8) is 0 Å². The van der Waals surface area contributed by atoms with Gasteiger partial charge in [-0.25, -0.2) is 0 Å². The van der Waals surface area contributed by atoms with Crippen LogP contribution < -0.4 is 10.6 Å². The maximum Gasteiger partial charge on any atom is 0.0661 e. The SMILES string of the molecule is Cc1cccc(N(C)CCC(N)(CO)c2ccccc2)c1. The molecule has 2 aromatic carbocycles. The van der Waals surface area contributed by atoms with Gasteiger partial charge in [-0.1, -0.05) is 42.5 Å². The zero-order chi connectivity index (χ0) is 15.3. The predicted molar refractivity (Wildman–Crippen MR) is 88.5 cm³/mol. The molecule has 3 N–H and O–H groups in total. The van der Waals surface area contributed by atoms with Crippen LogP contribution in [-0.4, -0.2) is 25.3 Å². The molecule has 1 unspecified atom stereocenters. The molecule has 0 aliphatic heterocycles. The number of aliphatic hydroxyl groups is 1. The van der Waals surface area contributed by atoms with E-state index in [1.165, 1.54) is 11.3 Å². The molecule has 2 rings (SSSR count). The Balaban J connectivity index is 2.06. The van der Waals surface area contributed by atoms with Gasteiger partial charge in [0.2, 0.25) is 0 Å². The van der Waals surface area contributed by atoms with E-state index in [4.69, 9.17) is 5.73 Å². The van der Waals surface area contributed by atoms with Crippen LogP contribution in [0.5, 0.6) is 0 Å². The quantitative estimate of drug-likeness (QED) is 0.857. The summed E-state index contributed by atoms with van der Waals surface area (Å²) in [6, 6.07) is 18.2. The molecular weight excluding hydrogens is 260 g/mol. The molecule has 3 nitrogen and oxygen atoms in total. The molecule has 2 aromatic rings. The Morgan fingerprint density at radius 3 is 2.43 bits per heavy atom. The highest BCUT2D eigenvalue weighted by molar-refractivity contribution is 5.47. The minimum atomic E-state index is -0.695. The van der Waals surface area contributed by atoms with Gasteiger partial charge in [0, 0.05) is 19.3 Å². The molecule has 0 saturated heterocycles. The fourth-order valence-electron chi connectivity index (χ4n) is 2.45. The molecular formula is C18H24N2O. The minimum Gasteiger partial charge on any atom is -0.394 e. The lowest BCUT2D eigenvalue weighted by Crippen LogP contribution is -2.43. The van der Waals surface area contributed by atoms with Crippen molar-refractivity contribution in [2.24, 2.45) is 5.73 Å². The largest absolute Gasteiger partial charge is 0.394 e. The molecule has 0 bridgehead atoms. The molecule has 112 valence electrons. The van der Waals surface area contributed by atoms with Gasteiger partial charge in [-0.05, 0) is 36.6 Å². The van der Waals surface area contributed by atoms with E-state index in [-0.39, 0.29) is 6.61 Å². The summed E-state index contributed by atoms with van der Waals surface area (Å²) in [5, 5.41) is 9.72. The van der Waals surface area contributed by atoms with Crippen molar-refractivity contribution in [3.8, 4) is 0 Å². The average Bonchev–Trinajstić information content (AvgIpc) is 2.53. The number of hydrogen-bond acceptors (Lipinski definition) is 3. The van der Waals surface area contributed by atoms with Gasteiger partial charge >= 0.3 is 0 Å². The zero-order valence-electron chi connectivity index (χ0n) is 12.8. The van der Waals surface area contributed by atoms with Crippen molar-refractivity contribution >= 4 is 5.69 Å². The molecule has 0 amide bonds. The third-order valence-corrected chi connectivity index (χ3v) is 3.97. The number of aryl methyl sites for hydroxylation is 1. The van der Waals surface area contributed by atoms with Crippen LogP contribution in [0.1, 0.15) is 17.5 Å². The molecule has 0 aliphatic rings. The third-order valence-electron chi connectivity index (χ3n) is 3.97. The van der Waals surface area contributed by atoms with E-state index in [1.807, 2.05) is 30.3 Å². The lowest BCUT2D eigenvalue weighted by atomic mass is 9.88. The van der Waals surface area contributed by atoms with Gasteiger partial charge in [0.1, 0.15) is 0 Å². The Bertz CT molecular complexity index is 570. The maximum absolute atomic E-state index is 9.72. The topological polar surface area (TPSA) is 49.5 Å². The van der Waals surface area contributed by atoms with E-state index >= 15 is 0 Å². The molecule has 0 radical (unpaired) electrons. The van der Waals surface area contributed by atoms with Crippen molar-refractivity contribution in [1.82, 2.24) is 0 Å². The molecule has 0 saturated carbocycles. The Labute approximate surface area is 127 Å². The number of aliphatic hydroxyl groups excluding tert-OH is 1. The van der Waals surface area contributed by atoms with Gasteiger partial charge in [0.25, 0.3) is 0 Å². The van der Waals surface area contributed by atoms with Crippen LogP contribution >= 0.6 is 0 Å². The second-order valence-corrected chi connectivity index (χ2v) is 5.69. The molecule has 21 heavy (non-hydrogen) atoms. The number of nitrogens with two attached hydrogens (primary N) is 1. The average molecular weight is 284 g/mol. The van der Waals surface area contributed by atoms with Gasteiger partial charge in [0.15, 0.2) is 0 Å². The molecule has 0 aromatic heterocycles. The van der Waals surface area contributed by atoms with Gasteiger partial charge in [-0.2, -0.15) is 0 Å². The summed E-state index contributed by atoms with van der Waals surface area (Å²) in [7, 11) is 2.05. The van der Waals surface area contributed by atoms with Crippen LogP contribution in [0.15, 0.2) is 54.6 Å². The van der Waals surface area contributed by atoms with Crippen LogP contribution in [0.3, 0.4) is 0 Å². The highest BCUT2D eigenvalue weighted by atomic mass is 16.3. The first kappa shape index (κ1) is 15.5. The van der Waals surface area contributed by atoms with Gasteiger partial charge in [-0.3, -0.25) is 0 Å². The second kappa shape index (κ2) is 6.74. The third kappa shape index (κ3) is 3.84. The first-order valence-electron chi connectivity index (χ1n) is 7.28. The fraction of sp³-hybridized carbons (Fsp3) is 0.333. The monoisotopic (exact) mass is 284 g/mol. The van der Waals surface area contributed by atoms with Crippen molar-refractivity contribution in [2.45, 2.75) is 18.9 Å². The van der Waals surface area contributed by atoms with Gasteiger partial charge in [0.05, 0.1) is 12.1 Å². The van der Waals surface area contributed by atoms with E-state index in [2.05, 4.69) is 43.1 Å². The summed E-state index contributed by atoms with van der Waals surface area (Å²) < 4.78 is 0. The molecule has 3 heteroatoms. The van der Waals surface area contributed by atoms with E-state index < -0.39 is 5.54 Å². The number of anilines is 1. The summed E-state index contributed by atoms with van der Waals surface area (Å²) in [6.45, 7) is 2.82. The first-order valence-corrected chi connectivity index (χ1v) is 7.28. The van der Waals surface area contributed by atoms with E-state index in [9.17, 15) is 5.11 Å². The van der Waals surface area contributed by atoms with Crippen LogP contribution in [0.2, 0.25) is 0 Å². The number of hydrogen-bond donors (Lipinski definition) is 2. The number of rotatable bonds is 6. The molecule has 0 fully saturated rings. The molecule has 0 aliphatic carbocycles. The Morgan fingerprint density at radius 2 is 1.81 bits per heavy atom. The predicted octanol–water partition coefficient (Wildman–Crippen LogP) is 2.67.